The van der Waals surface area contributed by atoms with E-state index in [1.165, 1.54) is 5.56 Å². The molecular weight excluding hydrogens is 332 g/mol. The highest BCUT2D eigenvalue weighted by Crippen LogP contribution is 2.25. The van der Waals surface area contributed by atoms with Crippen molar-refractivity contribution in [3.8, 4) is 0 Å². The lowest BCUT2D eigenvalue weighted by molar-refractivity contribution is 0.174. The number of hydrogen-bond donors (Lipinski definition) is 0. The third-order valence-corrected chi connectivity index (χ3v) is 4.66. The number of para-hydroxylation sites is 1. The highest BCUT2D eigenvalue weighted by Gasteiger charge is 2.21. The van der Waals surface area contributed by atoms with Crippen LogP contribution in [-0.4, -0.2) is 58.3 Å². The molecule has 1 aliphatic rings. The van der Waals surface area contributed by atoms with Gasteiger partial charge in [0, 0.05) is 38.7 Å². The Labute approximate surface area is 151 Å². The van der Waals surface area contributed by atoms with Gasteiger partial charge in [0.05, 0.1) is 12.1 Å². The molecule has 3 aromatic rings. The van der Waals surface area contributed by atoms with Crippen molar-refractivity contribution in [2.75, 3.05) is 38.2 Å². The van der Waals surface area contributed by atoms with Gasteiger partial charge in [-0.3, -0.25) is 4.90 Å². The maximum absolute atomic E-state index is 5.29. The van der Waals surface area contributed by atoms with Gasteiger partial charge < -0.3 is 14.2 Å². The minimum absolute atomic E-state index is 0.373. The van der Waals surface area contributed by atoms with Crippen LogP contribution in [0.5, 0.6) is 0 Å². The van der Waals surface area contributed by atoms with Crippen molar-refractivity contribution in [2.24, 2.45) is 0 Å². The second-order valence-corrected chi connectivity index (χ2v) is 6.47. The Hall–Kier alpha value is -2.58. The number of methoxy groups -OCH3 is 1. The summed E-state index contributed by atoms with van der Waals surface area (Å²) in [7, 11) is 1.62. The summed E-state index contributed by atoms with van der Waals surface area (Å²) in [5.41, 5.74) is 2.20. The number of ether oxygens (including phenoxy) is 1. The number of aryl methyl sites for hydroxylation is 1. The van der Waals surface area contributed by atoms with Crippen molar-refractivity contribution in [3.05, 3.63) is 41.8 Å². The first-order valence-corrected chi connectivity index (χ1v) is 8.72. The number of aromatic nitrogens is 4. The van der Waals surface area contributed by atoms with Gasteiger partial charge >= 0.3 is 0 Å². The van der Waals surface area contributed by atoms with Crippen molar-refractivity contribution in [3.63, 3.8) is 0 Å². The van der Waals surface area contributed by atoms with Gasteiger partial charge in [-0.2, -0.15) is 4.98 Å². The average molecular weight is 354 g/mol. The summed E-state index contributed by atoms with van der Waals surface area (Å²) in [5.74, 6) is 2.23. The van der Waals surface area contributed by atoms with Gasteiger partial charge in [-0.1, -0.05) is 17.3 Å². The van der Waals surface area contributed by atoms with E-state index < -0.39 is 0 Å². The molecule has 4 rings (SSSR count). The second-order valence-electron chi connectivity index (χ2n) is 6.47. The van der Waals surface area contributed by atoms with Crippen LogP contribution in [0, 0.1) is 6.92 Å². The molecule has 0 saturated carbocycles. The largest absolute Gasteiger partial charge is 0.377 e. The van der Waals surface area contributed by atoms with E-state index in [1.54, 1.807) is 13.4 Å². The Bertz CT molecular complexity index is 888. The van der Waals surface area contributed by atoms with Crippen molar-refractivity contribution < 1.29 is 9.26 Å². The van der Waals surface area contributed by atoms with Crippen molar-refractivity contribution >= 4 is 16.7 Å². The third kappa shape index (κ3) is 3.38. The molecule has 0 radical (unpaired) electrons. The Balaban J connectivity index is 1.43. The lowest BCUT2D eigenvalue weighted by Crippen LogP contribution is -2.46. The Morgan fingerprint density at radius 1 is 1.15 bits per heavy atom. The zero-order chi connectivity index (χ0) is 17.9. The minimum Gasteiger partial charge on any atom is -0.377 e. The zero-order valence-electron chi connectivity index (χ0n) is 15.1. The topological polar surface area (TPSA) is 80.4 Å². The maximum atomic E-state index is 5.29. The van der Waals surface area contributed by atoms with E-state index in [2.05, 4.69) is 55.0 Å². The van der Waals surface area contributed by atoms with Crippen LogP contribution in [0.3, 0.4) is 0 Å². The molecule has 0 N–H and O–H groups in total. The van der Waals surface area contributed by atoms with E-state index in [1.807, 2.05) is 0 Å². The molecule has 2 aromatic heterocycles. The predicted octanol–water partition coefficient (Wildman–Crippen LogP) is 1.79. The summed E-state index contributed by atoms with van der Waals surface area (Å²) in [6.07, 6.45) is 1.66. The Kier molecular flexibility index (Phi) is 4.77. The summed E-state index contributed by atoms with van der Waals surface area (Å²) in [4.78, 5) is 18.0. The molecule has 0 amide bonds. The number of rotatable bonds is 5. The maximum Gasteiger partial charge on any atom is 0.240 e. The lowest BCUT2D eigenvalue weighted by Gasteiger charge is -2.35. The van der Waals surface area contributed by atoms with Crippen LogP contribution in [0.2, 0.25) is 0 Å². The first-order chi connectivity index (χ1) is 12.7. The molecule has 8 nitrogen and oxygen atoms in total. The van der Waals surface area contributed by atoms with Crippen LogP contribution in [0.25, 0.3) is 10.9 Å². The number of nitrogens with zero attached hydrogens (tertiary/aromatic N) is 6. The number of anilines is 1. The minimum atomic E-state index is 0.373. The fraction of sp³-hybridized carbons (Fsp3) is 0.444. The Morgan fingerprint density at radius 2 is 2.00 bits per heavy atom. The van der Waals surface area contributed by atoms with Crippen LogP contribution >= 0.6 is 0 Å². The number of benzene rings is 1. The van der Waals surface area contributed by atoms with Gasteiger partial charge in [0.2, 0.25) is 5.89 Å². The number of piperazine rings is 1. The van der Waals surface area contributed by atoms with Crippen LogP contribution < -0.4 is 4.90 Å². The fourth-order valence-corrected chi connectivity index (χ4v) is 3.32. The molecule has 0 aliphatic carbocycles. The summed E-state index contributed by atoms with van der Waals surface area (Å²) in [5, 5.41) is 5.02. The van der Waals surface area contributed by atoms with E-state index in [0.29, 0.717) is 24.9 Å². The predicted molar refractivity (Wildman–Crippen MR) is 96.8 cm³/mol. The standard InChI is InChI=1S/C18H22N6O2/c1-13-4-3-5-14-17(13)19-12-20-18(14)24-8-6-23(7-9-24)10-16-21-15(11-25-2)22-26-16/h3-5,12H,6-11H2,1-2H3. The van der Waals surface area contributed by atoms with Crippen molar-refractivity contribution in [1.82, 2.24) is 25.0 Å². The van der Waals surface area contributed by atoms with Gasteiger partial charge in [-0.05, 0) is 18.6 Å². The molecule has 1 aliphatic heterocycles. The molecular formula is C18H22N6O2. The number of hydrogen-bond acceptors (Lipinski definition) is 8. The summed E-state index contributed by atoms with van der Waals surface area (Å²) >= 11 is 0. The zero-order valence-corrected chi connectivity index (χ0v) is 15.1. The van der Waals surface area contributed by atoms with Crippen LogP contribution in [-0.2, 0) is 17.9 Å². The molecule has 0 atom stereocenters. The smallest absolute Gasteiger partial charge is 0.240 e. The van der Waals surface area contributed by atoms with Crippen molar-refractivity contribution in [2.45, 2.75) is 20.1 Å². The van der Waals surface area contributed by atoms with Gasteiger partial charge in [-0.15, -0.1) is 0 Å². The Morgan fingerprint density at radius 3 is 2.81 bits per heavy atom. The third-order valence-electron chi connectivity index (χ3n) is 4.66. The first kappa shape index (κ1) is 16.9. The van der Waals surface area contributed by atoms with E-state index in [-0.39, 0.29) is 0 Å². The van der Waals surface area contributed by atoms with Gasteiger partial charge in [0.15, 0.2) is 5.82 Å². The normalized spacial score (nSPS) is 15.7. The molecule has 136 valence electrons. The first-order valence-electron chi connectivity index (χ1n) is 8.72. The molecule has 0 unspecified atom stereocenters. The van der Waals surface area contributed by atoms with Crippen LogP contribution in [0.4, 0.5) is 5.82 Å². The lowest BCUT2D eigenvalue weighted by atomic mass is 10.1. The average Bonchev–Trinajstić information content (AvgIpc) is 3.10. The highest BCUT2D eigenvalue weighted by atomic mass is 16.5. The van der Waals surface area contributed by atoms with E-state index >= 15 is 0 Å². The van der Waals surface area contributed by atoms with E-state index in [0.717, 1.165) is 42.9 Å². The number of fused-ring (bicyclic) bond motifs is 1. The van der Waals surface area contributed by atoms with E-state index in [9.17, 15) is 0 Å². The summed E-state index contributed by atoms with van der Waals surface area (Å²) < 4.78 is 10.3. The monoisotopic (exact) mass is 354 g/mol. The second kappa shape index (κ2) is 7.35. The molecule has 0 spiro atoms. The van der Waals surface area contributed by atoms with E-state index in [4.69, 9.17) is 9.26 Å². The van der Waals surface area contributed by atoms with Gasteiger partial charge in [0.1, 0.15) is 18.8 Å². The summed E-state index contributed by atoms with van der Waals surface area (Å²) in [6, 6.07) is 6.24. The summed E-state index contributed by atoms with van der Waals surface area (Å²) in [6.45, 7) is 6.75. The molecule has 3 heterocycles. The van der Waals surface area contributed by atoms with Crippen LogP contribution in [0.1, 0.15) is 17.3 Å². The molecule has 1 fully saturated rings. The molecule has 0 bridgehead atoms. The molecule has 1 saturated heterocycles. The van der Waals surface area contributed by atoms with Gasteiger partial charge in [-0.25, -0.2) is 9.97 Å². The van der Waals surface area contributed by atoms with Crippen LogP contribution in [0.15, 0.2) is 29.0 Å². The van der Waals surface area contributed by atoms with Crippen molar-refractivity contribution in [1.29, 1.82) is 0 Å². The molecule has 26 heavy (non-hydrogen) atoms. The fourth-order valence-electron chi connectivity index (χ4n) is 3.32. The van der Waals surface area contributed by atoms with Gasteiger partial charge in [0.25, 0.3) is 0 Å². The highest BCUT2D eigenvalue weighted by molar-refractivity contribution is 5.91. The quantitative estimate of drug-likeness (QED) is 0.686. The molecule has 1 aromatic carbocycles. The molecule has 8 heteroatoms. The SMILES string of the molecule is COCc1noc(CN2CCN(c3ncnc4c(C)cccc34)CC2)n1.